The number of fused-ring (bicyclic) bond motifs is 1. The maximum Gasteiger partial charge on any atom is 0.289 e. The number of carbonyl (C=O) groups is 2. The van der Waals surface area contributed by atoms with Gasteiger partial charge < -0.3 is 14.2 Å². The Morgan fingerprint density at radius 1 is 1.17 bits per heavy atom. The monoisotopic (exact) mass is 390 g/mol. The second-order valence-corrected chi connectivity index (χ2v) is 7.42. The van der Waals surface area contributed by atoms with Crippen molar-refractivity contribution >= 4 is 38.7 Å². The molecular weight excluding hydrogens is 372 g/mol. The molecule has 2 saturated heterocycles. The van der Waals surface area contributed by atoms with Crippen LogP contribution in [0.15, 0.2) is 33.2 Å². The van der Waals surface area contributed by atoms with Gasteiger partial charge in [-0.3, -0.25) is 9.59 Å². The number of rotatable bonds is 2. The highest BCUT2D eigenvalue weighted by Crippen LogP contribution is 2.26. The van der Waals surface area contributed by atoms with E-state index in [0.29, 0.717) is 25.3 Å². The molecule has 1 aromatic carbocycles. The predicted molar refractivity (Wildman–Crippen MR) is 93.8 cm³/mol. The molecule has 24 heavy (non-hydrogen) atoms. The zero-order valence-corrected chi connectivity index (χ0v) is 14.9. The van der Waals surface area contributed by atoms with E-state index in [-0.39, 0.29) is 17.9 Å². The number of benzene rings is 1. The molecule has 2 aliphatic rings. The molecule has 0 radical (unpaired) electrons. The molecule has 0 bridgehead atoms. The molecule has 0 spiro atoms. The average molecular weight is 391 g/mol. The normalized spacial score (nSPS) is 19.5. The molecule has 0 atom stereocenters. The molecule has 126 valence electrons. The maximum atomic E-state index is 12.7. The van der Waals surface area contributed by atoms with Crippen molar-refractivity contribution in [2.24, 2.45) is 0 Å². The molecule has 4 rings (SSSR count). The zero-order valence-electron chi connectivity index (χ0n) is 13.3. The van der Waals surface area contributed by atoms with Gasteiger partial charge in [0.15, 0.2) is 5.76 Å². The molecule has 2 aromatic rings. The van der Waals surface area contributed by atoms with Crippen LogP contribution in [0.3, 0.4) is 0 Å². The third-order valence-corrected chi connectivity index (χ3v) is 5.48. The minimum atomic E-state index is -0.0616. The topological polar surface area (TPSA) is 53.8 Å². The zero-order chi connectivity index (χ0) is 16.7. The number of piperidine rings is 1. The van der Waals surface area contributed by atoms with Crippen LogP contribution in [0.25, 0.3) is 11.0 Å². The van der Waals surface area contributed by atoms with Crippen LogP contribution in [-0.2, 0) is 4.79 Å². The lowest BCUT2D eigenvalue weighted by molar-refractivity contribution is -0.130. The smallest absolute Gasteiger partial charge is 0.289 e. The number of hydrogen-bond acceptors (Lipinski definition) is 3. The predicted octanol–water partition coefficient (Wildman–Crippen LogP) is 3.42. The Labute approximate surface area is 148 Å². The number of hydrogen-bond donors (Lipinski definition) is 0. The van der Waals surface area contributed by atoms with Crippen molar-refractivity contribution in [3.05, 3.63) is 34.5 Å². The lowest BCUT2D eigenvalue weighted by Gasteiger charge is -2.36. The third kappa shape index (κ3) is 2.83. The number of amides is 2. The Morgan fingerprint density at radius 2 is 1.96 bits per heavy atom. The van der Waals surface area contributed by atoms with E-state index in [4.69, 9.17) is 4.42 Å². The van der Waals surface area contributed by atoms with Gasteiger partial charge in [0.2, 0.25) is 5.91 Å². The number of furan rings is 1. The quantitative estimate of drug-likeness (QED) is 0.789. The summed E-state index contributed by atoms with van der Waals surface area (Å²) in [4.78, 5) is 28.4. The summed E-state index contributed by atoms with van der Waals surface area (Å²) in [6.07, 6.45) is 3.34. The lowest BCUT2D eigenvalue weighted by atomic mass is 10.0. The molecule has 2 aliphatic heterocycles. The number of nitrogens with zero attached hydrogens (tertiary/aromatic N) is 2. The molecular formula is C18H19BrN2O3. The average Bonchev–Trinajstić information content (AvgIpc) is 3.20. The first-order valence-corrected chi connectivity index (χ1v) is 9.19. The van der Waals surface area contributed by atoms with Gasteiger partial charge in [0, 0.05) is 42.0 Å². The summed E-state index contributed by atoms with van der Waals surface area (Å²) in [5, 5.41) is 0.922. The van der Waals surface area contributed by atoms with Crippen molar-refractivity contribution in [1.82, 2.24) is 9.80 Å². The fourth-order valence-corrected chi connectivity index (χ4v) is 4.09. The fourth-order valence-electron chi connectivity index (χ4n) is 3.71. The van der Waals surface area contributed by atoms with E-state index in [9.17, 15) is 9.59 Å². The summed E-state index contributed by atoms with van der Waals surface area (Å²) in [7, 11) is 0. The second-order valence-electron chi connectivity index (χ2n) is 6.51. The Bertz CT molecular complexity index is 793. The molecule has 0 unspecified atom stereocenters. The van der Waals surface area contributed by atoms with Crippen LogP contribution < -0.4 is 0 Å². The molecule has 6 heteroatoms. The Morgan fingerprint density at radius 3 is 2.67 bits per heavy atom. The van der Waals surface area contributed by atoms with E-state index in [1.54, 1.807) is 6.07 Å². The first kappa shape index (κ1) is 15.7. The molecule has 0 N–H and O–H groups in total. The van der Waals surface area contributed by atoms with Gasteiger partial charge in [-0.15, -0.1) is 0 Å². The van der Waals surface area contributed by atoms with Crippen molar-refractivity contribution in [2.45, 2.75) is 31.7 Å². The standard InChI is InChI=1S/C18H19BrN2O3/c19-13-3-4-15-12(10-13)11-16(24-15)18(23)20-8-5-14(6-9-20)21-7-1-2-17(21)22/h3-4,10-11,14H,1-2,5-9H2. The van der Waals surface area contributed by atoms with Crippen molar-refractivity contribution < 1.29 is 14.0 Å². The number of halogens is 1. The van der Waals surface area contributed by atoms with Crippen LogP contribution in [0.4, 0.5) is 0 Å². The van der Waals surface area contributed by atoms with Gasteiger partial charge >= 0.3 is 0 Å². The minimum Gasteiger partial charge on any atom is -0.451 e. The SMILES string of the molecule is O=C(c1cc2cc(Br)ccc2o1)N1CCC(N2CCCC2=O)CC1. The molecule has 3 heterocycles. The summed E-state index contributed by atoms with van der Waals surface area (Å²) in [5.74, 6) is 0.593. The van der Waals surface area contributed by atoms with E-state index in [1.807, 2.05) is 28.0 Å². The van der Waals surface area contributed by atoms with Gasteiger partial charge in [0.25, 0.3) is 5.91 Å². The fraction of sp³-hybridized carbons (Fsp3) is 0.444. The summed E-state index contributed by atoms with van der Waals surface area (Å²) in [5.41, 5.74) is 0.721. The van der Waals surface area contributed by atoms with E-state index < -0.39 is 0 Å². The third-order valence-electron chi connectivity index (χ3n) is 4.99. The highest BCUT2D eigenvalue weighted by molar-refractivity contribution is 9.10. The summed E-state index contributed by atoms with van der Waals surface area (Å²) >= 11 is 3.43. The van der Waals surface area contributed by atoms with Crippen molar-refractivity contribution in [2.75, 3.05) is 19.6 Å². The Hall–Kier alpha value is -1.82. The van der Waals surface area contributed by atoms with E-state index in [0.717, 1.165) is 41.2 Å². The molecule has 0 saturated carbocycles. The lowest BCUT2D eigenvalue weighted by Crippen LogP contribution is -2.47. The van der Waals surface area contributed by atoms with Crippen LogP contribution in [0.5, 0.6) is 0 Å². The van der Waals surface area contributed by atoms with E-state index in [2.05, 4.69) is 15.9 Å². The van der Waals surface area contributed by atoms with Gasteiger partial charge in [0.1, 0.15) is 5.58 Å². The summed E-state index contributed by atoms with van der Waals surface area (Å²) in [6.45, 7) is 2.22. The first-order valence-electron chi connectivity index (χ1n) is 8.40. The Balaban J connectivity index is 1.44. The van der Waals surface area contributed by atoms with Crippen LogP contribution in [-0.4, -0.2) is 47.3 Å². The maximum absolute atomic E-state index is 12.7. The first-order chi connectivity index (χ1) is 11.6. The molecule has 2 amide bonds. The molecule has 5 nitrogen and oxygen atoms in total. The highest BCUT2D eigenvalue weighted by Gasteiger charge is 2.32. The van der Waals surface area contributed by atoms with Gasteiger partial charge in [-0.2, -0.15) is 0 Å². The van der Waals surface area contributed by atoms with Crippen LogP contribution in [0.2, 0.25) is 0 Å². The Kier molecular flexibility index (Phi) is 4.08. The minimum absolute atomic E-state index is 0.0616. The van der Waals surface area contributed by atoms with Crippen LogP contribution >= 0.6 is 15.9 Å². The van der Waals surface area contributed by atoms with Crippen molar-refractivity contribution in [1.29, 1.82) is 0 Å². The van der Waals surface area contributed by atoms with E-state index >= 15 is 0 Å². The molecule has 2 fully saturated rings. The summed E-state index contributed by atoms with van der Waals surface area (Å²) < 4.78 is 6.67. The van der Waals surface area contributed by atoms with Gasteiger partial charge in [0.05, 0.1) is 0 Å². The van der Waals surface area contributed by atoms with Gasteiger partial charge in [-0.1, -0.05) is 15.9 Å². The van der Waals surface area contributed by atoms with Gasteiger partial charge in [-0.05, 0) is 43.5 Å². The van der Waals surface area contributed by atoms with E-state index in [1.165, 1.54) is 0 Å². The number of carbonyl (C=O) groups excluding carboxylic acids is 2. The van der Waals surface area contributed by atoms with Crippen molar-refractivity contribution in [3.8, 4) is 0 Å². The largest absolute Gasteiger partial charge is 0.451 e. The van der Waals surface area contributed by atoms with Crippen molar-refractivity contribution in [3.63, 3.8) is 0 Å². The van der Waals surface area contributed by atoms with Crippen LogP contribution in [0.1, 0.15) is 36.2 Å². The second kappa shape index (κ2) is 6.24. The number of likely N-dealkylation sites (tertiary alicyclic amines) is 2. The molecule has 1 aromatic heterocycles. The summed E-state index contributed by atoms with van der Waals surface area (Å²) in [6, 6.07) is 7.80. The molecule has 0 aliphatic carbocycles. The van der Waals surface area contributed by atoms with Gasteiger partial charge in [-0.25, -0.2) is 0 Å². The van der Waals surface area contributed by atoms with Crippen LogP contribution in [0, 0.1) is 0 Å². The highest BCUT2D eigenvalue weighted by atomic mass is 79.9.